The summed E-state index contributed by atoms with van der Waals surface area (Å²) in [5.41, 5.74) is -1.45. The second-order valence-corrected chi connectivity index (χ2v) is 5.38. The summed E-state index contributed by atoms with van der Waals surface area (Å²) in [6.45, 7) is 0.232. The summed E-state index contributed by atoms with van der Waals surface area (Å²) in [4.78, 5) is 22.7. The van der Waals surface area contributed by atoms with Crippen molar-refractivity contribution in [2.75, 3.05) is 20.3 Å². The number of sulfonamides is 1. The van der Waals surface area contributed by atoms with Gasteiger partial charge in [-0.1, -0.05) is 0 Å². The van der Waals surface area contributed by atoms with Crippen molar-refractivity contribution < 1.29 is 13.2 Å². The van der Waals surface area contributed by atoms with Crippen LogP contribution in [0.3, 0.4) is 0 Å². The number of hydrogen-bond donors (Lipinski definition) is 1. The molecule has 0 amide bonds. The van der Waals surface area contributed by atoms with Gasteiger partial charge in [0.1, 0.15) is 0 Å². The predicted octanol–water partition coefficient (Wildman–Crippen LogP) is -1.99. The van der Waals surface area contributed by atoms with Crippen LogP contribution in [0.4, 0.5) is 0 Å². The predicted molar refractivity (Wildman–Crippen MR) is 64.0 cm³/mol. The van der Waals surface area contributed by atoms with Gasteiger partial charge in [-0.15, -0.1) is 0 Å². The van der Waals surface area contributed by atoms with Gasteiger partial charge >= 0.3 is 5.69 Å². The number of aryl methyl sites for hydroxylation is 1. The van der Waals surface area contributed by atoms with Crippen molar-refractivity contribution in [2.45, 2.75) is 4.90 Å². The van der Waals surface area contributed by atoms with Crippen molar-refractivity contribution in [3.8, 4) is 0 Å². The molecule has 102 valence electrons. The van der Waals surface area contributed by atoms with Gasteiger partial charge in [-0.3, -0.25) is 9.36 Å². The lowest BCUT2D eigenvalue weighted by Crippen LogP contribution is -2.41. The molecule has 1 rings (SSSR count). The van der Waals surface area contributed by atoms with Crippen LogP contribution in [-0.2, 0) is 28.9 Å². The second kappa shape index (κ2) is 5.46. The van der Waals surface area contributed by atoms with Crippen LogP contribution in [0.25, 0.3) is 0 Å². The maximum atomic E-state index is 11.8. The maximum Gasteiger partial charge on any atom is 0.330 e. The smallest absolute Gasteiger partial charge is 0.330 e. The summed E-state index contributed by atoms with van der Waals surface area (Å²) >= 11 is 0. The fourth-order valence-electron chi connectivity index (χ4n) is 1.32. The average molecular weight is 277 g/mol. The Bertz CT molecular complexity index is 643. The molecule has 8 nitrogen and oxygen atoms in total. The van der Waals surface area contributed by atoms with E-state index in [0.717, 1.165) is 15.3 Å². The Morgan fingerprint density at radius 3 is 2.50 bits per heavy atom. The first-order valence-corrected chi connectivity index (χ1v) is 6.55. The Morgan fingerprint density at radius 1 is 1.33 bits per heavy atom. The van der Waals surface area contributed by atoms with E-state index in [2.05, 4.69) is 4.72 Å². The van der Waals surface area contributed by atoms with Crippen LogP contribution >= 0.6 is 0 Å². The summed E-state index contributed by atoms with van der Waals surface area (Å²) in [5.74, 6) is 0. The first kappa shape index (κ1) is 14.6. The van der Waals surface area contributed by atoms with Crippen LogP contribution in [-0.4, -0.2) is 37.8 Å². The van der Waals surface area contributed by atoms with E-state index in [4.69, 9.17) is 4.74 Å². The van der Waals surface area contributed by atoms with Gasteiger partial charge in [0.25, 0.3) is 5.56 Å². The summed E-state index contributed by atoms with van der Waals surface area (Å²) in [5, 5.41) is 0. The molecule has 18 heavy (non-hydrogen) atoms. The van der Waals surface area contributed by atoms with Crippen molar-refractivity contribution >= 4 is 10.0 Å². The second-order valence-electron chi connectivity index (χ2n) is 3.64. The molecule has 0 aromatic carbocycles. The summed E-state index contributed by atoms with van der Waals surface area (Å²) in [6.07, 6.45) is 1.000. The molecule has 0 saturated heterocycles. The Hall–Kier alpha value is -1.45. The van der Waals surface area contributed by atoms with E-state index in [1.54, 1.807) is 0 Å². The lowest BCUT2D eigenvalue weighted by Gasteiger charge is -2.08. The fourth-order valence-corrected chi connectivity index (χ4v) is 2.49. The van der Waals surface area contributed by atoms with Crippen molar-refractivity contribution in [2.24, 2.45) is 14.1 Å². The highest BCUT2D eigenvalue weighted by molar-refractivity contribution is 7.89. The number of hydrogen-bond acceptors (Lipinski definition) is 5. The molecule has 0 saturated carbocycles. The summed E-state index contributed by atoms with van der Waals surface area (Å²) in [7, 11) is 0.0742. The molecule has 0 fully saturated rings. The van der Waals surface area contributed by atoms with Gasteiger partial charge in [-0.05, 0) is 0 Å². The highest BCUT2D eigenvalue weighted by Crippen LogP contribution is 1.98. The normalized spacial score (nSPS) is 11.7. The van der Waals surface area contributed by atoms with Crippen LogP contribution in [0.15, 0.2) is 20.7 Å². The molecule has 1 heterocycles. The standard InChI is InChI=1S/C9H15N3O5S/c1-11-6-7(8(13)12(2)9(11)14)18(15,16)10-4-5-17-3/h6,10H,4-5H2,1-3H3. The molecular weight excluding hydrogens is 262 g/mol. The number of methoxy groups -OCH3 is 1. The molecule has 1 aromatic heterocycles. The van der Waals surface area contributed by atoms with Crippen molar-refractivity contribution in [3.63, 3.8) is 0 Å². The Balaban J connectivity index is 3.26. The number of ether oxygens (including phenoxy) is 1. The molecule has 0 spiro atoms. The Morgan fingerprint density at radius 2 is 1.94 bits per heavy atom. The molecule has 0 radical (unpaired) electrons. The maximum absolute atomic E-state index is 11.8. The highest BCUT2D eigenvalue weighted by Gasteiger charge is 2.20. The van der Waals surface area contributed by atoms with Crippen LogP contribution in [0.5, 0.6) is 0 Å². The van der Waals surface area contributed by atoms with Crippen LogP contribution in [0, 0.1) is 0 Å². The minimum Gasteiger partial charge on any atom is -0.383 e. The van der Waals surface area contributed by atoms with Gasteiger partial charge < -0.3 is 9.30 Å². The number of nitrogens with one attached hydrogen (secondary N) is 1. The third-order valence-electron chi connectivity index (χ3n) is 2.30. The largest absolute Gasteiger partial charge is 0.383 e. The third-order valence-corrected chi connectivity index (χ3v) is 3.75. The molecule has 1 aromatic rings. The minimum absolute atomic E-state index is 0.0465. The van der Waals surface area contributed by atoms with E-state index in [1.165, 1.54) is 21.2 Å². The van der Waals surface area contributed by atoms with Crippen molar-refractivity contribution in [3.05, 3.63) is 27.0 Å². The minimum atomic E-state index is -3.95. The van der Waals surface area contributed by atoms with E-state index < -0.39 is 26.2 Å². The number of rotatable bonds is 5. The molecule has 0 aliphatic carbocycles. The van der Waals surface area contributed by atoms with E-state index in [1.807, 2.05) is 0 Å². The zero-order valence-corrected chi connectivity index (χ0v) is 11.2. The molecule has 0 atom stereocenters. The summed E-state index contributed by atoms with van der Waals surface area (Å²) in [6, 6.07) is 0. The van der Waals surface area contributed by atoms with Gasteiger partial charge in [0, 0.05) is 33.9 Å². The van der Waals surface area contributed by atoms with Crippen LogP contribution < -0.4 is 16.0 Å². The Labute approximate surface area is 104 Å². The van der Waals surface area contributed by atoms with E-state index in [-0.39, 0.29) is 13.2 Å². The molecule has 0 unspecified atom stereocenters. The molecular formula is C9H15N3O5S. The number of nitrogens with zero attached hydrogens (tertiary/aromatic N) is 2. The zero-order valence-electron chi connectivity index (χ0n) is 10.3. The highest BCUT2D eigenvalue weighted by atomic mass is 32.2. The molecule has 0 aliphatic rings. The third kappa shape index (κ3) is 2.86. The molecule has 0 aliphatic heterocycles. The molecule has 0 bridgehead atoms. The van der Waals surface area contributed by atoms with Gasteiger partial charge in [0.2, 0.25) is 10.0 Å². The lowest BCUT2D eigenvalue weighted by molar-refractivity contribution is 0.204. The van der Waals surface area contributed by atoms with Gasteiger partial charge in [0.15, 0.2) is 4.90 Å². The molecule has 1 N–H and O–H groups in total. The van der Waals surface area contributed by atoms with E-state index >= 15 is 0 Å². The first-order chi connectivity index (χ1) is 8.31. The SMILES string of the molecule is COCCNS(=O)(=O)c1cn(C)c(=O)n(C)c1=O. The van der Waals surface area contributed by atoms with Crippen LogP contribution in [0.2, 0.25) is 0 Å². The lowest BCUT2D eigenvalue weighted by atomic mass is 10.6. The first-order valence-electron chi connectivity index (χ1n) is 5.06. The quantitative estimate of drug-likeness (QED) is 0.628. The Kier molecular flexibility index (Phi) is 4.43. The molecule has 9 heteroatoms. The van der Waals surface area contributed by atoms with Crippen molar-refractivity contribution in [1.82, 2.24) is 13.9 Å². The summed E-state index contributed by atoms with van der Waals surface area (Å²) < 4.78 is 32.4. The number of aromatic nitrogens is 2. The fraction of sp³-hybridized carbons (Fsp3) is 0.556. The van der Waals surface area contributed by atoms with Gasteiger partial charge in [0.05, 0.1) is 6.61 Å². The average Bonchev–Trinajstić information content (AvgIpc) is 2.31. The van der Waals surface area contributed by atoms with Gasteiger partial charge in [-0.2, -0.15) is 0 Å². The van der Waals surface area contributed by atoms with E-state index in [9.17, 15) is 18.0 Å². The monoisotopic (exact) mass is 277 g/mol. The van der Waals surface area contributed by atoms with Crippen molar-refractivity contribution in [1.29, 1.82) is 0 Å². The van der Waals surface area contributed by atoms with E-state index in [0.29, 0.717) is 0 Å². The topological polar surface area (TPSA) is 99.4 Å². The zero-order chi connectivity index (χ0) is 13.9. The van der Waals surface area contributed by atoms with Crippen LogP contribution in [0.1, 0.15) is 0 Å². The van der Waals surface area contributed by atoms with Gasteiger partial charge in [-0.25, -0.2) is 17.9 Å².